The normalized spacial score (nSPS) is 10.4. The van der Waals surface area contributed by atoms with E-state index in [4.69, 9.17) is 0 Å². The van der Waals surface area contributed by atoms with Crippen LogP contribution in [0.4, 0.5) is 10.5 Å². The number of anilines is 1. The molecule has 1 aromatic heterocycles. The topological polar surface area (TPSA) is 56.9 Å². The van der Waals surface area contributed by atoms with Gasteiger partial charge in [-0.3, -0.25) is 0 Å². The number of fused-ring (bicyclic) bond motifs is 1. The molecule has 3 aromatic rings. The van der Waals surface area contributed by atoms with E-state index in [2.05, 4.69) is 15.6 Å². The lowest BCUT2D eigenvalue weighted by Gasteiger charge is -2.08. The van der Waals surface area contributed by atoms with Gasteiger partial charge in [0.25, 0.3) is 0 Å². The summed E-state index contributed by atoms with van der Waals surface area (Å²) in [5.74, 6) is 0. The molecule has 2 amide bonds. The second-order valence-corrected chi connectivity index (χ2v) is 4.54. The van der Waals surface area contributed by atoms with Gasteiger partial charge in [0.1, 0.15) is 0 Å². The Morgan fingerprint density at radius 1 is 1.00 bits per heavy atom. The molecule has 4 heteroatoms. The molecule has 3 rings (SSSR count). The Hall–Kier alpha value is -2.75. The van der Waals surface area contributed by atoms with Crippen molar-refractivity contribution >= 4 is 22.6 Å². The van der Waals surface area contributed by atoms with Crippen LogP contribution in [-0.2, 0) is 6.54 Å². The predicted octanol–water partition coefficient (Wildman–Crippen LogP) is 3.49. The highest BCUT2D eigenvalue weighted by atomic mass is 16.2. The number of nitrogens with one attached hydrogen (secondary N) is 3. The van der Waals surface area contributed by atoms with Crippen LogP contribution >= 0.6 is 0 Å². The number of urea groups is 1. The maximum absolute atomic E-state index is 11.9. The first kappa shape index (κ1) is 12.3. The third-order valence-electron chi connectivity index (χ3n) is 3.14. The third kappa shape index (κ3) is 2.64. The Bertz CT molecular complexity index is 719. The molecule has 0 saturated carbocycles. The second-order valence-electron chi connectivity index (χ2n) is 4.54. The first-order valence-corrected chi connectivity index (χ1v) is 6.48. The molecular formula is C16H15N3O. The first-order chi connectivity index (χ1) is 9.83. The van der Waals surface area contributed by atoms with E-state index in [-0.39, 0.29) is 6.03 Å². The van der Waals surface area contributed by atoms with Crippen molar-refractivity contribution in [3.05, 3.63) is 66.4 Å². The predicted molar refractivity (Wildman–Crippen MR) is 80.6 cm³/mol. The van der Waals surface area contributed by atoms with Crippen LogP contribution < -0.4 is 10.6 Å². The van der Waals surface area contributed by atoms with Gasteiger partial charge in [-0.2, -0.15) is 0 Å². The van der Waals surface area contributed by atoms with Crippen LogP contribution in [-0.4, -0.2) is 11.0 Å². The number of carbonyl (C=O) groups is 1. The van der Waals surface area contributed by atoms with Crippen molar-refractivity contribution < 1.29 is 4.79 Å². The SMILES string of the molecule is O=C(NCc1ccccc1)Nc1cccc2[nH]ccc12. The highest BCUT2D eigenvalue weighted by molar-refractivity contribution is 6.00. The van der Waals surface area contributed by atoms with Gasteiger partial charge in [0.05, 0.1) is 5.69 Å². The van der Waals surface area contributed by atoms with Crippen molar-refractivity contribution in [1.82, 2.24) is 10.3 Å². The van der Waals surface area contributed by atoms with Crippen LogP contribution in [0.2, 0.25) is 0 Å². The monoisotopic (exact) mass is 265 g/mol. The summed E-state index contributed by atoms with van der Waals surface area (Å²) in [5.41, 5.74) is 2.88. The van der Waals surface area contributed by atoms with Crippen LogP contribution in [0.1, 0.15) is 5.56 Å². The number of rotatable bonds is 3. The summed E-state index contributed by atoms with van der Waals surface area (Å²) in [4.78, 5) is 15.0. The van der Waals surface area contributed by atoms with E-state index in [0.29, 0.717) is 6.54 Å². The fraction of sp³-hybridized carbons (Fsp3) is 0.0625. The molecule has 2 aromatic carbocycles. The largest absolute Gasteiger partial charge is 0.361 e. The van der Waals surface area contributed by atoms with E-state index in [0.717, 1.165) is 22.2 Å². The third-order valence-corrected chi connectivity index (χ3v) is 3.14. The lowest BCUT2D eigenvalue weighted by Crippen LogP contribution is -2.28. The van der Waals surface area contributed by atoms with Gasteiger partial charge in [-0.15, -0.1) is 0 Å². The van der Waals surface area contributed by atoms with E-state index < -0.39 is 0 Å². The van der Waals surface area contributed by atoms with Gasteiger partial charge in [0.2, 0.25) is 0 Å². The smallest absolute Gasteiger partial charge is 0.319 e. The molecule has 1 heterocycles. The Balaban J connectivity index is 1.66. The number of benzene rings is 2. The molecule has 20 heavy (non-hydrogen) atoms. The molecule has 0 atom stereocenters. The van der Waals surface area contributed by atoms with Gasteiger partial charge in [-0.1, -0.05) is 36.4 Å². The van der Waals surface area contributed by atoms with Crippen LogP contribution in [0.25, 0.3) is 10.9 Å². The van der Waals surface area contributed by atoms with Crippen LogP contribution in [0.15, 0.2) is 60.8 Å². The fourth-order valence-corrected chi connectivity index (χ4v) is 2.14. The van der Waals surface area contributed by atoms with Crippen molar-refractivity contribution in [2.45, 2.75) is 6.54 Å². The Kier molecular flexibility index (Phi) is 3.37. The van der Waals surface area contributed by atoms with E-state index in [9.17, 15) is 4.79 Å². The van der Waals surface area contributed by atoms with Crippen molar-refractivity contribution in [3.63, 3.8) is 0 Å². The fourth-order valence-electron chi connectivity index (χ4n) is 2.14. The summed E-state index contributed by atoms with van der Waals surface area (Å²) in [6, 6.07) is 17.3. The highest BCUT2D eigenvalue weighted by Gasteiger charge is 2.05. The van der Waals surface area contributed by atoms with Gasteiger partial charge < -0.3 is 15.6 Å². The Morgan fingerprint density at radius 3 is 2.70 bits per heavy atom. The van der Waals surface area contributed by atoms with Crippen molar-refractivity contribution in [3.8, 4) is 0 Å². The van der Waals surface area contributed by atoms with Gasteiger partial charge >= 0.3 is 6.03 Å². The maximum atomic E-state index is 11.9. The van der Waals surface area contributed by atoms with Gasteiger partial charge in [0, 0.05) is 23.6 Å². The molecule has 100 valence electrons. The molecule has 0 spiro atoms. The zero-order valence-electron chi connectivity index (χ0n) is 10.9. The minimum Gasteiger partial charge on any atom is -0.361 e. The number of hydrogen-bond acceptors (Lipinski definition) is 1. The molecule has 0 radical (unpaired) electrons. The Morgan fingerprint density at radius 2 is 1.85 bits per heavy atom. The van der Waals surface area contributed by atoms with Gasteiger partial charge in [-0.25, -0.2) is 4.79 Å². The summed E-state index contributed by atoms with van der Waals surface area (Å²) in [7, 11) is 0. The van der Waals surface area contributed by atoms with Gasteiger partial charge in [-0.05, 0) is 23.8 Å². The minimum absolute atomic E-state index is 0.206. The number of hydrogen-bond donors (Lipinski definition) is 3. The maximum Gasteiger partial charge on any atom is 0.319 e. The molecule has 0 aliphatic heterocycles. The second kappa shape index (κ2) is 5.48. The van der Waals surface area contributed by atoms with Crippen LogP contribution in [0.3, 0.4) is 0 Å². The number of carbonyl (C=O) groups excluding carboxylic acids is 1. The summed E-state index contributed by atoms with van der Waals surface area (Å²) in [6.45, 7) is 0.510. The number of amides is 2. The summed E-state index contributed by atoms with van der Waals surface area (Å²) in [6.07, 6.45) is 1.86. The molecule has 3 N–H and O–H groups in total. The average molecular weight is 265 g/mol. The minimum atomic E-state index is -0.206. The highest BCUT2D eigenvalue weighted by Crippen LogP contribution is 2.21. The van der Waals surface area contributed by atoms with Gasteiger partial charge in [0.15, 0.2) is 0 Å². The van der Waals surface area contributed by atoms with E-state index in [1.165, 1.54) is 0 Å². The van der Waals surface area contributed by atoms with Crippen molar-refractivity contribution in [2.24, 2.45) is 0 Å². The lowest BCUT2D eigenvalue weighted by molar-refractivity contribution is 0.252. The molecule has 0 saturated heterocycles. The van der Waals surface area contributed by atoms with Crippen LogP contribution in [0.5, 0.6) is 0 Å². The van der Waals surface area contributed by atoms with Crippen molar-refractivity contribution in [2.75, 3.05) is 5.32 Å². The summed E-state index contributed by atoms with van der Waals surface area (Å²) >= 11 is 0. The standard InChI is InChI=1S/C16H15N3O/c20-16(18-11-12-5-2-1-3-6-12)19-15-8-4-7-14-13(15)9-10-17-14/h1-10,17H,11H2,(H2,18,19,20). The average Bonchev–Trinajstić information content (AvgIpc) is 2.96. The number of aromatic nitrogens is 1. The van der Waals surface area contributed by atoms with Crippen molar-refractivity contribution in [1.29, 1.82) is 0 Å². The summed E-state index contributed by atoms with van der Waals surface area (Å²) in [5, 5.41) is 6.72. The first-order valence-electron chi connectivity index (χ1n) is 6.48. The molecule has 0 aliphatic rings. The molecular weight excluding hydrogens is 250 g/mol. The zero-order chi connectivity index (χ0) is 13.8. The number of H-pyrrole nitrogens is 1. The number of aromatic amines is 1. The van der Waals surface area contributed by atoms with E-state index >= 15 is 0 Å². The van der Waals surface area contributed by atoms with E-state index in [1.54, 1.807) is 0 Å². The zero-order valence-corrected chi connectivity index (χ0v) is 10.9. The molecule has 0 unspecified atom stereocenters. The molecule has 4 nitrogen and oxygen atoms in total. The Labute approximate surface area is 116 Å². The summed E-state index contributed by atoms with van der Waals surface area (Å²) < 4.78 is 0. The lowest BCUT2D eigenvalue weighted by atomic mass is 10.2. The van der Waals surface area contributed by atoms with Crippen LogP contribution in [0, 0.1) is 0 Å². The molecule has 0 fully saturated rings. The molecule has 0 bridgehead atoms. The van der Waals surface area contributed by atoms with E-state index in [1.807, 2.05) is 60.8 Å². The molecule has 0 aliphatic carbocycles. The quantitative estimate of drug-likeness (QED) is 0.667.